The van der Waals surface area contributed by atoms with Crippen molar-refractivity contribution in [3.8, 4) is 5.69 Å². The van der Waals surface area contributed by atoms with Crippen LogP contribution in [0.15, 0.2) is 84.0 Å². The van der Waals surface area contributed by atoms with Gasteiger partial charge < -0.3 is 9.80 Å². The van der Waals surface area contributed by atoms with Crippen molar-refractivity contribution in [3.63, 3.8) is 0 Å². The normalized spacial score (nSPS) is 15.0. The van der Waals surface area contributed by atoms with Crippen LogP contribution >= 0.6 is 23.4 Å². The van der Waals surface area contributed by atoms with Gasteiger partial charge in [-0.3, -0.25) is 24.3 Å². The van der Waals surface area contributed by atoms with Crippen molar-refractivity contribution in [1.29, 1.82) is 0 Å². The van der Waals surface area contributed by atoms with Crippen LogP contribution in [0.1, 0.15) is 41.5 Å². The van der Waals surface area contributed by atoms with E-state index in [2.05, 4.69) is 26.9 Å². The molecule has 0 aliphatic carbocycles. The second-order valence-corrected chi connectivity index (χ2v) is 11.8. The maximum absolute atomic E-state index is 13.1. The Morgan fingerprint density at radius 1 is 1.02 bits per heavy atom. The van der Waals surface area contributed by atoms with Gasteiger partial charge in [-0.05, 0) is 37.1 Å². The number of nitrogens with zero attached hydrogens (tertiary/aromatic N) is 6. The van der Waals surface area contributed by atoms with Crippen LogP contribution < -0.4 is 0 Å². The molecular weight excluding hydrogens is 588 g/mol. The summed E-state index contributed by atoms with van der Waals surface area (Å²) in [6.07, 6.45) is 1.72. The summed E-state index contributed by atoms with van der Waals surface area (Å²) in [4.78, 5) is 40.1. The Morgan fingerprint density at radius 2 is 1.74 bits per heavy atom. The quantitative estimate of drug-likeness (QED) is 0.0974. The van der Waals surface area contributed by atoms with Crippen LogP contribution in [0.5, 0.6) is 0 Å². The van der Waals surface area contributed by atoms with Crippen LogP contribution in [-0.4, -0.2) is 72.7 Å². The average molecular weight is 619 g/mol. The van der Waals surface area contributed by atoms with Crippen molar-refractivity contribution in [2.24, 2.45) is 0 Å². The molecule has 1 aliphatic heterocycles. The number of rotatable bonds is 10. The lowest BCUT2D eigenvalue weighted by molar-refractivity contribution is -0.384. The van der Waals surface area contributed by atoms with Crippen molar-refractivity contribution < 1.29 is 14.5 Å². The second kappa shape index (κ2) is 13.8. The molecule has 4 aromatic rings. The Morgan fingerprint density at radius 3 is 2.42 bits per heavy atom. The zero-order valence-electron chi connectivity index (χ0n) is 23.6. The zero-order valence-corrected chi connectivity index (χ0v) is 25.2. The SMILES string of the molecule is CC1CN(C(=O)CCCSc2nnc(Cc3ccccc3)n2-c2ccccc2)CCN1C(=O)c1ccc([N+](=O)[O-])cc1Cl. The minimum absolute atomic E-state index is 0.0395. The Balaban J connectivity index is 1.15. The lowest BCUT2D eigenvalue weighted by Crippen LogP contribution is -2.55. The molecule has 0 radical (unpaired) electrons. The number of para-hydroxylation sites is 1. The number of halogens is 1. The molecule has 0 N–H and O–H groups in total. The summed E-state index contributed by atoms with van der Waals surface area (Å²) in [6, 6.07) is 23.8. The van der Waals surface area contributed by atoms with Gasteiger partial charge in [0.15, 0.2) is 5.16 Å². The molecule has 1 unspecified atom stereocenters. The minimum atomic E-state index is -0.552. The number of amides is 2. The number of nitro benzene ring substituents is 1. The van der Waals surface area contributed by atoms with Crippen LogP contribution in [0.4, 0.5) is 5.69 Å². The van der Waals surface area contributed by atoms with Gasteiger partial charge in [-0.15, -0.1) is 10.2 Å². The van der Waals surface area contributed by atoms with Gasteiger partial charge in [0.2, 0.25) is 5.91 Å². The van der Waals surface area contributed by atoms with E-state index in [0.29, 0.717) is 44.6 Å². The largest absolute Gasteiger partial charge is 0.339 e. The molecule has 0 spiro atoms. The van der Waals surface area contributed by atoms with Gasteiger partial charge in [0, 0.05) is 62.1 Å². The third-order valence-corrected chi connectivity index (χ3v) is 8.65. The highest BCUT2D eigenvalue weighted by Gasteiger charge is 2.31. The molecule has 222 valence electrons. The van der Waals surface area contributed by atoms with Crippen LogP contribution in [0, 0.1) is 10.1 Å². The average Bonchev–Trinajstić information content (AvgIpc) is 3.41. The lowest BCUT2D eigenvalue weighted by Gasteiger charge is -2.40. The topological polar surface area (TPSA) is 114 Å². The number of nitro groups is 1. The fraction of sp³-hybridized carbons (Fsp3) is 0.290. The summed E-state index contributed by atoms with van der Waals surface area (Å²) >= 11 is 7.76. The monoisotopic (exact) mass is 618 g/mol. The molecule has 1 saturated heterocycles. The molecule has 1 aliphatic rings. The van der Waals surface area contributed by atoms with Crippen LogP contribution in [-0.2, 0) is 11.2 Å². The van der Waals surface area contributed by atoms with Crippen molar-refractivity contribution in [2.45, 2.75) is 37.4 Å². The summed E-state index contributed by atoms with van der Waals surface area (Å²) in [6.45, 7) is 3.07. The van der Waals surface area contributed by atoms with E-state index in [9.17, 15) is 19.7 Å². The van der Waals surface area contributed by atoms with E-state index in [0.717, 1.165) is 22.2 Å². The van der Waals surface area contributed by atoms with Crippen LogP contribution in [0.25, 0.3) is 5.69 Å². The summed E-state index contributed by atoms with van der Waals surface area (Å²) < 4.78 is 2.08. The van der Waals surface area contributed by atoms with Gasteiger partial charge in [0.25, 0.3) is 11.6 Å². The Hall–Kier alpha value is -4.22. The fourth-order valence-corrected chi connectivity index (χ4v) is 6.26. The summed E-state index contributed by atoms with van der Waals surface area (Å²) in [5.74, 6) is 1.30. The Kier molecular flexibility index (Phi) is 9.73. The number of thioether (sulfide) groups is 1. The minimum Gasteiger partial charge on any atom is -0.339 e. The van der Waals surface area contributed by atoms with Crippen LogP contribution in [0.3, 0.4) is 0 Å². The number of hydrogen-bond acceptors (Lipinski definition) is 7. The number of aromatic nitrogens is 3. The summed E-state index contributed by atoms with van der Waals surface area (Å²) in [5, 5.41) is 20.8. The number of non-ortho nitro benzene ring substituents is 1. The third-order valence-electron chi connectivity index (χ3n) is 7.32. The molecule has 2 amide bonds. The molecule has 0 saturated carbocycles. The first-order chi connectivity index (χ1) is 20.8. The van der Waals surface area contributed by atoms with E-state index in [1.165, 1.54) is 18.2 Å². The van der Waals surface area contributed by atoms with Gasteiger partial charge >= 0.3 is 0 Å². The predicted molar refractivity (Wildman–Crippen MR) is 166 cm³/mol. The molecule has 3 aromatic carbocycles. The molecule has 10 nitrogen and oxygen atoms in total. The number of carbonyl (C=O) groups is 2. The first kappa shape index (κ1) is 30.2. The smallest absolute Gasteiger partial charge is 0.270 e. The van der Waals surface area contributed by atoms with Gasteiger partial charge in [-0.1, -0.05) is 71.9 Å². The molecule has 0 bridgehead atoms. The summed E-state index contributed by atoms with van der Waals surface area (Å²) in [5.41, 5.74) is 2.19. The maximum atomic E-state index is 13.1. The zero-order chi connectivity index (χ0) is 30.3. The highest BCUT2D eigenvalue weighted by molar-refractivity contribution is 7.99. The number of benzene rings is 3. The van der Waals surface area contributed by atoms with Gasteiger partial charge in [0.05, 0.1) is 15.5 Å². The number of hydrogen-bond donors (Lipinski definition) is 0. The molecule has 2 heterocycles. The van der Waals surface area contributed by atoms with E-state index in [1.807, 2.05) is 55.5 Å². The van der Waals surface area contributed by atoms with Crippen LogP contribution in [0.2, 0.25) is 5.02 Å². The van der Waals surface area contributed by atoms with Crippen molar-refractivity contribution in [1.82, 2.24) is 24.6 Å². The lowest BCUT2D eigenvalue weighted by atomic mass is 10.1. The van der Waals surface area contributed by atoms with E-state index < -0.39 is 4.92 Å². The molecule has 5 rings (SSSR count). The second-order valence-electron chi connectivity index (χ2n) is 10.3. The van der Waals surface area contributed by atoms with E-state index in [-0.39, 0.29) is 34.1 Å². The van der Waals surface area contributed by atoms with Gasteiger partial charge in [-0.25, -0.2) is 0 Å². The van der Waals surface area contributed by atoms with Crippen molar-refractivity contribution in [2.75, 3.05) is 25.4 Å². The third kappa shape index (κ3) is 7.23. The van der Waals surface area contributed by atoms with Gasteiger partial charge in [0.1, 0.15) is 5.82 Å². The highest BCUT2D eigenvalue weighted by Crippen LogP contribution is 2.27. The van der Waals surface area contributed by atoms with E-state index >= 15 is 0 Å². The molecule has 1 atom stereocenters. The molecular formula is C31H31ClN6O4S. The molecule has 1 aromatic heterocycles. The van der Waals surface area contributed by atoms with Gasteiger partial charge in [-0.2, -0.15) is 0 Å². The highest BCUT2D eigenvalue weighted by atomic mass is 35.5. The molecule has 43 heavy (non-hydrogen) atoms. The fourth-order valence-electron chi connectivity index (χ4n) is 5.10. The first-order valence-electron chi connectivity index (χ1n) is 14.0. The van der Waals surface area contributed by atoms with E-state index in [4.69, 9.17) is 11.6 Å². The Labute approximate surface area is 258 Å². The number of piperazine rings is 1. The maximum Gasteiger partial charge on any atom is 0.270 e. The number of carbonyl (C=O) groups excluding carboxylic acids is 2. The first-order valence-corrected chi connectivity index (χ1v) is 15.4. The van der Waals surface area contributed by atoms with Crippen molar-refractivity contribution >= 4 is 40.9 Å². The summed E-state index contributed by atoms with van der Waals surface area (Å²) in [7, 11) is 0. The molecule has 12 heteroatoms. The van der Waals surface area contributed by atoms with E-state index in [1.54, 1.807) is 21.6 Å². The standard InChI is InChI=1S/C31H31ClN6O4S/c1-22-21-35(16-17-36(22)30(40)26-15-14-25(38(41)42)20-27(26)32)29(39)13-8-18-43-31-34-33-28(19-23-9-4-2-5-10-23)37(31)24-11-6-3-7-12-24/h2-7,9-12,14-15,20,22H,8,13,16-19,21H2,1H3. The molecule has 1 fully saturated rings. The Bertz CT molecular complexity index is 1600. The predicted octanol–water partition coefficient (Wildman–Crippen LogP) is 5.67. The van der Waals surface area contributed by atoms with Crippen molar-refractivity contribution in [3.05, 3.63) is 111 Å².